The summed E-state index contributed by atoms with van der Waals surface area (Å²) in [6.07, 6.45) is 1.87. The lowest BCUT2D eigenvalue weighted by atomic mass is 9.99. The Morgan fingerprint density at radius 2 is 1.74 bits per heavy atom. The monoisotopic (exact) mass is 566 g/mol. The maximum absolute atomic E-state index is 13.2. The molecule has 0 radical (unpaired) electrons. The first kappa shape index (κ1) is 27.7. The normalized spacial score (nSPS) is 16.2. The Balaban J connectivity index is 1.35. The van der Waals surface area contributed by atoms with Crippen molar-refractivity contribution in [3.63, 3.8) is 0 Å². The summed E-state index contributed by atoms with van der Waals surface area (Å²) in [6, 6.07) is 18.9. The predicted molar refractivity (Wildman–Crippen MR) is 162 cm³/mol. The summed E-state index contributed by atoms with van der Waals surface area (Å²) in [5.74, 6) is -0.438. The number of amides is 1. The number of aromatic hydroxyl groups is 1. The second kappa shape index (κ2) is 11.4. The average molecular weight is 567 g/mol. The number of aliphatic imine (C=N–C) groups is 1. The molecule has 1 fully saturated rings. The molecule has 9 nitrogen and oxygen atoms in total. The number of H-pyrrole nitrogens is 1. The van der Waals surface area contributed by atoms with Crippen molar-refractivity contribution in [3.05, 3.63) is 88.5 Å². The van der Waals surface area contributed by atoms with Gasteiger partial charge in [-0.05, 0) is 62.1 Å². The molecule has 9 heteroatoms. The number of fused-ring (bicyclic) bond motifs is 2. The van der Waals surface area contributed by atoms with Crippen LogP contribution in [-0.2, 0) is 16.0 Å². The summed E-state index contributed by atoms with van der Waals surface area (Å²) < 4.78 is 4.85. The number of aromatic nitrogens is 1. The number of methoxy groups -OCH3 is 1. The zero-order chi connectivity index (χ0) is 29.4. The minimum Gasteiger partial charge on any atom is -0.494 e. The van der Waals surface area contributed by atoms with Crippen molar-refractivity contribution in [2.24, 2.45) is 4.99 Å². The number of aromatic amines is 1. The van der Waals surface area contributed by atoms with E-state index >= 15 is 0 Å². The molecule has 4 aromatic rings. The molecular formula is C33H34N4O5. The van der Waals surface area contributed by atoms with Gasteiger partial charge < -0.3 is 24.8 Å². The first-order chi connectivity index (χ1) is 20.3. The topological polar surface area (TPSA) is 118 Å². The Hall–Kier alpha value is -4.47. The van der Waals surface area contributed by atoms with Crippen LogP contribution >= 0.6 is 0 Å². The molecule has 0 unspecified atom stereocenters. The van der Waals surface area contributed by atoms with Gasteiger partial charge in [0.2, 0.25) is 5.91 Å². The molecule has 1 amide bonds. The molecule has 216 valence electrons. The number of aryl methyl sites for hydroxylation is 1. The van der Waals surface area contributed by atoms with Crippen LogP contribution in [0.3, 0.4) is 0 Å². The molecule has 2 aliphatic rings. The van der Waals surface area contributed by atoms with Crippen LogP contribution in [0, 0.1) is 6.92 Å². The van der Waals surface area contributed by atoms with Crippen molar-refractivity contribution in [1.29, 1.82) is 0 Å². The number of hydrogen-bond acceptors (Lipinski definition) is 7. The van der Waals surface area contributed by atoms with Crippen LogP contribution < -0.4 is 4.90 Å². The summed E-state index contributed by atoms with van der Waals surface area (Å²) in [4.78, 5) is 37.3. The van der Waals surface area contributed by atoms with Crippen LogP contribution in [0.1, 0.15) is 45.5 Å². The molecular weight excluding hydrogens is 532 g/mol. The van der Waals surface area contributed by atoms with Crippen LogP contribution in [0.4, 0.5) is 11.4 Å². The number of carbonyl (C=O) groups is 2. The molecule has 0 spiro atoms. The molecule has 0 saturated carbocycles. The summed E-state index contributed by atoms with van der Waals surface area (Å²) in [6.45, 7) is 4.44. The SMILES string of the molecule is COC(=O)c1ccc2c(C(=Nc3ccc4c(c3)CCN4C(=O)CN3CCC(O)CC3)c3ccc(C)cc3)c(O)[nH]c2c1. The highest BCUT2D eigenvalue weighted by atomic mass is 16.5. The third kappa shape index (κ3) is 5.41. The first-order valence-electron chi connectivity index (χ1n) is 14.2. The Morgan fingerprint density at radius 1 is 1.00 bits per heavy atom. The number of nitrogens with one attached hydrogen (secondary N) is 1. The zero-order valence-corrected chi connectivity index (χ0v) is 23.8. The van der Waals surface area contributed by atoms with Gasteiger partial charge in [0.1, 0.15) is 0 Å². The Kier molecular flexibility index (Phi) is 7.53. The van der Waals surface area contributed by atoms with Gasteiger partial charge in [0.25, 0.3) is 0 Å². The van der Waals surface area contributed by atoms with E-state index in [1.807, 2.05) is 54.3 Å². The third-order valence-corrected chi connectivity index (χ3v) is 8.18. The number of benzene rings is 3. The standard InChI is InChI=1S/C33H34N4O5/c1-20-3-5-21(6-4-20)31(30-26-9-7-23(33(41)42-2)18-27(26)35-32(30)40)34-24-8-10-28-22(17-24)11-16-37(28)29(39)19-36-14-12-25(38)13-15-36/h3-10,17-18,25,35,38,40H,11-16,19H2,1-2H3. The molecule has 3 N–H and O–H groups in total. The first-order valence-corrected chi connectivity index (χ1v) is 14.2. The van der Waals surface area contributed by atoms with E-state index in [0.717, 1.165) is 47.3 Å². The van der Waals surface area contributed by atoms with E-state index in [-0.39, 0.29) is 17.9 Å². The third-order valence-electron chi connectivity index (χ3n) is 8.18. The van der Waals surface area contributed by atoms with Crippen LogP contribution in [0.15, 0.2) is 65.7 Å². The molecule has 6 rings (SSSR count). The van der Waals surface area contributed by atoms with Crippen molar-refractivity contribution in [2.45, 2.75) is 32.3 Å². The highest BCUT2D eigenvalue weighted by molar-refractivity contribution is 6.22. The smallest absolute Gasteiger partial charge is 0.337 e. The number of anilines is 1. The number of aliphatic hydroxyl groups excluding tert-OH is 1. The second-order valence-corrected chi connectivity index (χ2v) is 11.0. The molecule has 3 aromatic carbocycles. The van der Waals surface area contributed by atoms with Crippen LogP contribution in [0.2, 0.25) is 0 Å². The van der Waals surface area contributed by atoms with Gasteiger partial charge in [0.15, 0.2) is 5.88 Å². The van der Waals surface area contributed by atoms with Crippen molar-refractivity contribution < 1.29 is 24.5 Å². The minimum atomic E-state index is -0.458. The van der Waals surface area contributed by atoms with Crippen molar-refractivity contribution in [2.75, 3.05) is 38.2 Å². The lowest BCUT2D eigenvalue weighted by Crippen LogP contribution is -2.43. The number of piperidine rings is 1. The molecule has 1 saturated heterocycles. The number of rotatable bonds is 6. The van der Waals surface area contributed by atoms with E-state index < -0.39 is 5.97 Å². The minimum absolute atomic E-state index is 0.0468. The highest BCUT2D eigenvalue weighted by Crippen LogP contribution is 2.35. The van der Waals surface area contributed by atoms with Crippen molar-refractivity contribution >= 4 is 39.9 Å². The van der Waals surface area contributed by atoms with Crippen LogP contribution in [-0.4, -0.2) is 77.1 Å². The number of aliphatic hydroxyl groups is 1. The van der Waals surface area contributed by atoms with E-state index in [1.54, 1.807) is 18.2 Å². The lowest BCUT2D eigenvalue weighted by Gasteiger charge is -2.30. The van der Waals surface area contributed by atoms with Gasteiger partial charge in [-0.15, -0.1) is 0 Å². The maximum Gasteiger partial charge on any atom is 0.337 e. The molecule has 42 heavy (non-hydrogen) atoms. The summed E-state index contributed by atoms with van der Waals surface area (Å²) in [5.41, 5.74) is 6.69. The van der Waals surface area contributed by atoms with Gasteiger partial charge in [-0.1, -0.05) is 35.9 Å². The van der Waals surface area contributed by atoms with E-state index in [0.29, 0.717) is 54.0 Å². The van der Waals surface area contributed by atoms with Gasteiger partial charge in [-0.2, -0.15) is 0 Å². The maximum atomic E-state index is 13.2. The summed E-state index contributed by atoms with van der Waals surface area (Å²) >= 11 is 0. The molecule has 0 bridgehead atoms. The van der Waals surface area contributed by atoms with Gasteiger partial charge in [-0.25, -0.2) is 9.79 Å². The number of esters is 1. The number of hydrogen-bond donors (Lipinski definition) is 3. The molecule has 1 aromatic heterocycles. The fraction of sp³-hybridized carbons (Fsp3) is 0.303. The van der Waals surface area contributed by atoms with E-state index in [4.69, 9.17) is 9.73 Å². The van der Waals surface area contributed by atoms with Crippen LogP contribution in [0.25, 0.3) is 10.9 Å². The van der Waals surface area contributed by atoms with Gasteiger partial charge >= 0.3 is 5.97 Å². The fourth-order valence-electron chi connectivity index (χ4n) is 5.84. The van der Waals surface area contributed by atoms with Crippen molar-refractivity contribution in [3.8, 4) is 5.88 Å². The number of carbonyl (C=O) groups excluding carboxylic acids is 2. The summed E-state index contributed by atoms with van der Waals surface area (Å²) in [5, 5.41) is 21.6. The van der Waals surface area contributed by atoms with E-state index in [1.165, 1.54) is 7.11 Å². The van der Waals surface area contributed by atoms with Crippen molar-refractivity contribution in [1.82, 2.24) is 9.88 Å². The predicted octanol–water partition coefficient (Wildman–Crippen LogP) is 4.48. The van der Waals surface area contributed by atoms with Crippen LogP contribution in [0.5, 0.6) is 5.88 Å². The fourth-order valence-corrected chi connectivity index (χ4v) is 5.84. The lowest BCUT2D eigenvalue weighted by molar-refractivity contribution is -0.120. The largest absolute Gasteiger partial charge is 0.494 e. The molecule has 3 heterocycles. The Bertz CT molecular complexity index is 1680. The average Bonchev–Trinajstić information content (AvgIpc) is 3.56. The number of ether oxygens (including phenoxy) is 1. The quantitative estimate of drug-likeness (QED) is 0.234. The second-order valence-electron chi connectivity index (χ2n) is 11.0. The molecule has 0 atom stereocenters. The highest BCUT2D eigenvalue weighted by Gasteiger charge is 2.28. The molecule has 0 aliphatic carbocycles. The molecule has 2 aliphatic heterocycles. The van der Waals surface area contributed by atoms with E-state index in [2.05, 4.69) is 9.88 Å². The Morgan fingerprint density at radius 3 is 2.48 bits per heavy atom. The number of likely N-dealkylation sites (tertiary alicyclic amines) is 1. The summed E-state index contributed by atoms with van der Waals surface area (Å²) in [7, 11) is 1.33. The Labute approximate surface area is 244 Å². The zero-order valence-electron chi connectivity index (χ0n) is 23.8. The van der Waals surface area contributed by atoms with Gasteiger partial charge in [0.05, 0.1) is 42.3 Å². The number of nitrogens with zero attached hydrogens (tertiary/aromatic N) is 3. The van der Waals surface area contributed by atoms with E-state index in [9.17, 15) is 19.8 Å². The van der Waals surface area contributed by atoms with Gasteiger partial charge in [-0.3, -0.25) is 9.69 Å². The van der Waals surface area contributed by atoms with Gasteiger partial charge in [0, 0.05) is 41.8 Å².